The molecule has 7 nitrogen and oxygen atoms in total. The molecule has 29 heavy (non-hydrogen) atoms. The number of carbonyl (C=O) groups is 1. The fourth-order valence-corrected chi connectivity index (χ4v) is 4.19. The Morgan fingerprint density at radius 2 is 1.86 bits per heavy atom. The molecule has 0 radical (unpaired) electrons. The molecule has 1 heterocycles. The summed E-state index contributed by atoms with van der Waals surface area (Å²) >= 11 is 3.17. The summed E-state index contributed by atoms with van der Waals surface area (Å²) in [6.45, 7) is 2.12. The number of nitrogens with one attached hydrogen (secondary N) is 1. The van der Waals surface area contributed by atoms with Crippen LogP contribution < -0.4 is 10.2 Å². The lowest BCUT2D eigenvalue weighted by atomic mass is 10.1. The Morgan fingerprint density at radius 3 is 2.48 bits per heavy atom. The number of nitrogens with zero attached hydrogens (tertiary/aromatic N) is 2. The third kappa shape index (κ3) is 4.77. The molecular weight excluding hydrogens is 465 g/mol. The molecule has 3 rings (SSSR count). The van der Waals surface area contributed by atoms with Crippen molar-refractivity contribution in [3.63, 3.8) is 0 Å². The van der Waals surface area contributed by atoms with Crippen molar-refractivity contribution in [3.8, 4) is 0 Å². The monoisotopic (exact) mass is 485 g/mol. The van der Waals surface area contributed by atoms with Crippen LogP contribution in [0.1, 0.15) is 10.4 Å². The third-order valence-electron chi connectivity index (χ3n) is 4.52. The predicted octanol–water partition coefficient (Wildman–Crippen LogP) is 2.93. The van der Waals surface area contributed by atoms with E-state index in [0.29, 0.717) is 36.5 Å². The summed E-state index contributed by atoms with van der Waals surface area (Å²) in [5.41, 5.74) is 0.727. The lowest BCUT2D eigenvalue weighted by Crippen LogP contribution is -2.37. The number of morpholine rings is 1. The van der Waals surface area contributed by atoms with Crippen LogP contribution in [-0.4, -0.2) is 59.0 Å². The van der Waals surface area contributed by atoms with Crippen molar-refractivity contribution < 1.29 is 22.3 Å². The molecule has 1 aliphatic rings. The quantitative estimate of drug-likeness (QED) is 0.704. The first kappa shape index (κ1) is 21.7. The van der Waals surface area contributed by atoms with Gasteiger partial charge >= 0.3 is 0 Å². The highest BCUT2D eigenvalue weighted by atomic mass is 79.9. The number of rotatable bonds is 5. The molecule has 1 fully saturated rings. The zero-order valence-corrected chi connectivity index (χ0v) is 18.4. The van der Waals surface area contributed by atoms with Gasteiger partial charge in [-0.25, -0.2) is 17.1 Å². The van der Waals surface area contributed by atoms with Gasteiger partial charge in [-0.05, 0) is 36.4 Å². The number of sulfonamides is 1. The van der Waals surface area contributed by atoms with E-state index in [4.69, 9.17) is 4.74 Å². The van der Waals surface area contributed by atoms with E-state index in [1.54, 1.807) is 12.1 Å². The van der Waals surface area contributed by atoms with Crippen LogP contribution in [0.4, 0.5) is 15.8 Å². The highest BCUT2D eigenvalue weighted by molar-refractivity contribution is 9.10. The second-order valence-corrected chi connectivity index (χ2v) is 9.71. The Morgan fingerprint density at radius 1 is 1.17 bits per heavy atom. The first-order valence-corrected chi connectivity index (χ1v) is 11.1. The number of carbonyl (C=O) groups excluding carboxylic acids is 1. The van der Waals surface area contributed by atoms with E-state index in [-0.39, 0.29) is 16.1 Å². The number of anilines is 2. The van der Waals surface area contributed by atoms with Crippen molar-refractivity contribution in [1.29, 1.82) is 0 Å². The predicted molar refractivity (Wildman–Crippen MR) is 112 cm³/mol. The number of hydrogen-bond donors (Lipinski definition) is 1. The minimum absolute atomic E-state index is 0.00648. The number of amides is 1. The normalized spacial score (nSPS) is 14.9. The Labute approximate surface area is 177 Å². The molecule has 2 aromatic carbocycles. The SMILES string of the molecule is CN(C)S(=O)(=O)c1ccc(N2CCOCC2)c(C(=O)Nc2ccc(Br)cc2F)c1. The largest absolute Gasteiger partial charge is 0.378 e. The molecule has 1 N–H and O–H groups in total. The summed E-state index contributed by atoms with van der Waals surface area (Å²) in [5, 5.41) is 2.54. The van der Waals surface area contributed by atoms with Crippen LogP contribution in [0.5, 0.6) is 0 Å². The van der Waals surface area contributed by atoms with Gasteiger partial charge in [0.1, 0.15) is 5.82 Å². The minimum atomic E-state index is -3.74. The van der Waals surface area contributed by atoms with Gasteiger partial charge in [0.25, 0.3) is 5.91 Å². The fraction of sp³-hybridized carbons (Fsp3) is 0.316. The van der Waals surface area contributed by atoms with Gasteiger partial charge in [-0.1, -0.05) is 15.9 Å². The number of ether oxygens (including phenoxy) is 1. The molecule has 10 heteroatoms. The van der Waals surface area contributed by atoms with Crippen LogP contribution in [0.3, 0.4) is 0 Å². The van der Waals surface area contributed by atoms with Gasteiger partial charge in [0.05, 0.1) is 29.4 Å². The van der Waals surface area contributed by atoms with Crippen LogP contribution in [0.25, 0.3) is 0 Å². The molecule has 0 spiro atoms. The van der Waals surface area contributed by atoms with Crippen molar-refractivity contribution in [2.24, 2.45) is 0 Å². The van der Waals surface area contributed by atoms with Crippen molar-refractivity contribution in [2.45, 2.75) is 4.90 Å². The molecular formula is C19H21BrFN3O4S. The maximum atomic E-state index is 14.2. The summed E-state index contributed by atoms with van der Waals surface area (Å²) in [6.07, 6.45) is 0. The summed E-state index contributed by atoms with van der Waals surface area (Å²) in [7, 11) is -0.900. The van der Waals surface area contributed by atoms with Crippen LogP contribution in [0, 0.1) is 5.82 Å². The Bertz CT molecular complexity index is 1020. The lowest BCUT2D eigenvalue weighted by Gasteiger charge is -2.30. The topological polar surface area (TPSA) is 79.0 Å². The van der Waals surface area contributed by atoms with Gasteiger partial charge in [-0.15, -0.1) is 0 Å². The van der Waals surface area contributed by atoms with E-state index in [0.717, 1.165) is 4.31 Å². The number of benzene rings is 2. The van der Waals surface area contributed by atoms with Gasteiger partial charge in [0.15, 0.2) is 0 Å². The standard InChI is InChI=1S/C19H21BrFN3O4S/c1-23(2)29(26,27)14-4-6-18(24-7-9-28-10-8-24)15(12-14)19(25)22-17-5-3-13(20)11-16(17)21/h3-6,11-12H,7-10H2,1-2H3,(H,22,25). The molecule has 0 aliphatic carbocycles. The average molecular weight is 486 g/mol. The molecule has 1 aliphatic heterocycles. The van der Waals surface area contributed by atoms with Crippen LogP contribution in [-0.2, 0) is 14.8 Å². The summed E-state index contributed by atoms with van der Waals surface area (Å²) < 4.78 is 46.2. The smallest absolute Gasteiger partial charge is 0.257 e. The molecule has 0 unspecified atom stereocenters. The molecule has 0 saturated carbocycles. The Kier molecular flexibility index (Phi) is 6.57. The minimum Gasteiger partial charge on any atom is -0.378 e. The zero-order valence-electron chi connectivity index (χ0n) is 16.0. The second-order valence-electron chi connectivity index (χ2n) is 6.64. The highest BCUT2D eigenvalue weighted by Gasteiger charge is 2.24. The van der Waals surface area contributed by atoms with Crippen LogP contribution in [0.2, 0.25) is 0 Å². The lowest BCUT2D eigenvalue weighted by molar-refractivity contribution is 0.102. The number of halogens is 2. The van der Waals surface area contributed by atoms with Gasteiger partial charge in [-0.2, -0.15) is 0 Å². The van der Waals surface area contributed by atoms with E-state index in [9.17, 15) is 17.6 Å². The molecule has 2 aromatic rings. The molecule has 0 atom stereocenters. The van der Waals surface area contributed by atoms with Gasteiger partial charge < -0.3 is 15.0 Å². The van der Waals surface area contributed by atoms with E-state index in [2.05, 4.69) is 21.2 Å². The highest BCUT2D eigenvalue weighted by Crippen LogP contribution is 2.28. The first-order valence-electron chi connectivity index (χ1n) is 8.86. The van der Waals surface area contributed by atoms with Gasteiger partial charge in [-0.3, -0.25) is 4.79 Å². The summed E-state index contributed by atoms with van der Waals surface area (Å²) in [5.74, 6) is -1.19. The number of hydrogen-bond acceptors (Lipinski definition) is 5. The first-order chi connectivity index (χ1) is 13.7. The van der Waals surface area contributed by atoms with Gasteiger partial charge in [0, 0.05) is 37.3 Å². The van der Waals surface area contributed by atoms with Crippen molar-refractivity contribution >= 4 is 43.2 Å². The van der Waals surface area contributed by atoms with Crippen molar-refractivity contribution in [3.05, 3.63) is 52.3 Å². The van der Waals surface area contributed by atoms with Crippen LogP contribution >= 0.6 is 15.9 Å². The summed E-state index contributed by atoms with van der Waals surface area (Å²) in [6, 6.07) is 8.68. The average Bonchev–Trinajstić information content (AvgIpc) is 2.70. The molecule has 0 aromatic heterocycles. The zero-order chi connectivity index (χ0) is 21.2. The third-order valence-corrected chi connectivity index (χ3v) is 6.83. The van der Waals surface area contributed by atoms with E-state index < -0.39 is 21.7 Å². The Balaban J connectivity index is 2.03. The van der Waals surface area contributed by atoms with E-state index in [1.807, 2.05) is 4.90 Å². The summed E-state index contributed by atoms with van der Waals surface area (Å²) in [4.78, 5) is 14.9. The molecule has 156 valence electrons. The Hall–Kier alpha value is -2.01. The maximum Gasteiger partial charge on any atom is 0.257 e. The van der Waals surface area contributed by atoms with E-state index in [1.165, 1.54) is 38.4 Å². The fourth-order valence-electron chi connectivity index (χ4n) is 2.93. The van der Waals surface area contributed by atoms with E-state index >= 15 is 0 Å². The van der Waals surface area contributed by atoms with Gasteiger partial charge in [0.2, 0.25) is 10.0 Å². The van der Waals surface area contributed by atoms with Crippen LogP contribution in [0.15, 0.2) is 45.8 Å². The van der Waals surface area contributed by atoms with Crippen molar-refractivity contribution in [1.82, 2.24) is 4.31 Å². The maximum absolute atomic E-state index is 14.2. The molecule has 0 bridgehead atoms. The molecule has 1 saturated heterocycles. The molecule has 1 amide bonds. The second kappa shape index (κ2) is 8.78. The van der Waals surface area contributed by atoms with Crippen molar-refractivity contribution in [2.75, 3.05) is 50.6 Å².